The highest BCUT2D eigenvalue weighted by atomic mass is 32.2. The number of carbonyl (C=O) groups excluding carboxylic acids is 2. The first-order valence-electron chi connectivity index (χ1n) is 6.66. The molecule has 4 nitrogen and oxygen atoms in total. The SMILES string of the molecule is CC(=O)SCC1CC(=O)N(c2c(C)cccc2CO)C1. The molecule has 1 heterocycles. The van der Waals surface area contributed by atoms with E-state index in [2.05, 4.69) is 0 Å². The summed E-state index contributed by atoms with van der Waals surface area (Å²) in [5.74, 6) is 0.948. The largest absolute Gasteiger partial charge is 0.392 e. The Bertz CT molecular complexity index is 530. The lowest BCUT2D eigenvalue weighted by molar-refractivity contribution is -0.117. The highest BCUT2D eigenvalue weighted by Crippen LogP contribution is 2.32. The third-order valence-electron chi connectivity index (χ3n) is 3.49. The third-order valence-corrected chi connectivity index (χ3v) is 4.53. The number of aliphatic hydroxyl groups excluding tert-OH is 1. The van der Waals surface area contributed by atoms with Gasteiger partial charge < -0.3 is 10.0 Å². The van der Waals surface area contributed by atoms with Gasteiger partial charge in [0.05, 0.1) is 12.3 Å². The summed E-state index contributed by atoms with van der Waals surface area (Å²) in [7, 11) is 0. The number of nitrogens with zero attached hydrogens (tertiary/aromatic N) is 1. The van der Waals surface area contributed by atoms with E-state index in [4.69, 9.17) is 0 Å². The Labute approximate surface area is 123 Å². The lowest BCUT2D eigenvalue weighted by Gasteiger charge is -2.22. The molecule has 5 heteroatoms. The maximum atomic E-state index is 12.2. The highest BCUT2D eigenvalue weighted by molar-refractivity contribution is 8.13. The zero-order valence-electron chi connectivity index (χ0n) is 11.8. The number of carbonyl (C=O) groups is 2. The molecular weight excluding hydrogens is 274 g/mol. The number of aliphatic hydroxyl groups is 1. The van der Waals surface area contributed by atoms with Crippen molar-refractivity contribution in [3.8, 4) is 0 Å². The van der Waals surface area contributed by atoms with E-state index >= 15 is 0 Å². The summed E-state index contributed by atoms with van der Waals surface area (Å²) in [5, 5.41) is 9.53. The second-order valence-electron chi connectivity index (χ2n) is 5.12. The molecule has 1 aliphatic heterocycles. The van der Waals surface area contributed by atoms with Crippen LogP contribution in [0.4, 0.5) is 5.69 Å². The highest BCUT2D eigenvalue weighted by Gasteiger charge is 2.32. The van der Waals surface area contributed by atoms with Crippen molar-refractivity contribution in [2.45, 2.75) is 26.9 Å². The average Bonchev–Trinajstić information content (AvgIpc) is 2.77. The molecule has 1 aromatic carbocycles. The molecule has 1 unspecified atom stereocenters. The van der Waals surface area contributed by atoms with E-state index in [-0.39, 0.29) is 23.5 Å². The maximum absolute atomic E-state index is 12.2. The number of hydrogen-bond acceptors (Lipinski definition) is 4. The smallest absolute Gasteiger partial charge is 0.227 e. The van der Waals surface area contributed by atoms with Gasteiger partial charge in [-0.25, -0.2) is 0 Å². The van der Waals surface area contributed by atoms with Gasteiger partial charge in [-0.05, 0) is 18.4 Å². The summed E-state index contributed by atoms with van der Waals surface area (Å²) < 4.78 is 0. The molecule has 0 saturated carbocycles. The van der Waals surface area contributed by atoms with Crippen LogP contribution in [0.25, 0.3) is 0 Å². The fraction of sp³-hybridized carbons (Fsp3) is 0.467. The minimum absolute atomic E-state index is 0.0724. The van der Waals surface area contributed by atoms with Gasteiger partial charge in [0.1, 0.15) is 0 Å². The predicted octanol–water partition coefficient (Wildman–Crippen LogP) is 2.12. The fourth-order valence-electron chi connectivity index (χ4n) is 2.58. The Morgan fingerprint density at radius 3 is 2.90 bits per heavy atom. The van der Waals surface area contributed by atoms with Crippen LogP contribution in [0.5, 0.6) is 0 Å². The number of anilines is 1. The molecule has 1 N–H and O–H groups in total. The standard InChI is InChI=1S/C15H19NO3S/c1-10-4-3-5-13(8-17)15(10)16-7-12(6-14(16)19)9-20-11(2)18/h3-5,12,17H,6-9H2,1-2H3. The van der Waals surface area contributed by atoms with Crippen LogP contribution in [0.2, 0.25) is 0 Å². The van der Waals surface area contributed by atoms with Crippen molar-refractivity contribution in [2.75, 3.05) is 17.2 Å². The minimum Gasteiger partial charge on any atom is -0.392 e. The zero-order chi connectivity index (χ0) is 14.7. The van der Waals surface area contributed by atoms with Gasteiger partial charge in [-0.15, -0.1) is 0 Å². The van der Waals surface area contributed by atoms with Gasteiger partial charge in [-0.1, -0.05) is 30.0 Å². The van der Waals surface area contributed by atoms with E-state index in [0.29, 0.717) is 18.7 Å². The number of thioether (sulfide) groups is 1. The summed E-state index contributed by atoms with van der Waals surface area (Å²) in [5.41, 5.74) is 2.60. The van der Waals surface area contributed by atoms with Gasteiger partial charge in [0.25, 0.3) is 0 Å². The van der Waals surface area contributed by atoms with Crippen LogP contribution >= 0.6 is 11.8 Å². The molecule has 1 atom stereocenters. The van der Waals surface area contributed by atoms with Crippen LogP contribution in [0, 0.1) is 12.8 Å². The van der Waals surface area contributed by atoms with E-state index in [1.807, 2.05) is 25.1 Å². The Balaban J connectivity index is 2.18. The van der Waals surface area contributed by atoms with Crippen molar-refractivity contribution < 1.29 is 14.7 Å². The van der Waals surface area contributed by atoms with Crippen molar-refractivity contribution in [3.05, 3.63) is 29.3 Å². The van der Waals surface area contributed by atoms with Crippen LogP contribution in [0.1, 0.15) is 24.5 Å². The Morgan fingerprint density at radius 1 is 1.50 bits per heavy atom. The van der Waals surface area contributed by atoms with Crippen LogP contribution in [-0.2, 0) is 16.2 Å². The van der Waals surface area contributed by atoms with E-state index in [9.17, 15) is 14.7 Å². The van der Waals surface area contributed by atoms with E-state index < -0.39 is 0 Å². The molecule has 0 radical (unpaired) electrons. The van der Waals surface area contributed by atoms with Crippen LogP contribution < -0.4 is 4.90 Å². The molecule has 1 saturated heterocycles. The molecule has 0 aromatic heterocycles. The molecule has 1 aromatic rings. The van der Waals surface area contributed by atoms with Crippen LogP contribution in [0.3, 0.4) is 0 Å². The van der Waals surface area contributed by atoms with E-state index in [0.717, 1.165) is 16.8 Å². The lowest BCUT2D eigenvalue weighted by Crippen LogP contribution is -2.26. The first kappa shape index (κ1) is 15.1. The van der Waals surface area contributed by atoms with Crippen LogP contribution in [0.15, 0.2) is 18.2 Å². The lowest BCUT2D eigenvalue weighted by atomic mass is 10.1. The normalized spacial score (nSPS) is 18.6. The second kappa shape index (κ2) is 6.41. The van der Waals surface area contributed by atoms with Gasteiger partial charge in [0.15, 0.2) is 5.12 Å². The second-order valence-corrected chi connectivity index (χ2v) is 6.31. The Morgan fingerprint density at radius 2 is 2.25 bits per heavy atom. The van der Waals surface area contributed by atoms with Crippen molar-refractivity contribution in [3.63, 3.8) is 0 Å². The fourth-order valence-corrected chi connectivity index (χ4v) is 3.27. The molecule has 1 amide bonds. The summed E-state index contributed by atoms with van der Waals surface area (Å²) in [6.07, 6.45) is 0.472. The number of rotatable bonds is 4. The summed E-state index contributed by atoms with van der Waals surface area (Å²) in [6.45, 7) is 4.04. The molecule has 0 bridgehead atoms. The number of benzene rings is 1. The summed E-state index contributed by atoms with van der Waals surface area (Å²) in [4.78, 5) is 25.0. The van der Waals surface area contributed by atoms with E-state index in [1.165, 1.54) is 11.8 Å². The van der Waals surface area contributed by atoms with Crippen LogP contribution in [-0.4, -0.2) is 28.4 Å². The van der Waals surface area contributed by atoms with Gasteiger partial charge in [0.2, 0.25) is 5.91 Å². The quantitative estimate of drug-likeness (QED) is 0.924. The van der Waals surface area contributed by atoms with Crippen molar-refractivity contribution in [1.82, 2.24) is 0 Å². The number of amides is 1. The predicted molar refractivity (Wildman–Crippen MR) is 80.7 cm³/mol. The van der Waals surface area contributed by atoms with E-state index in [1.54, 1.807) is 11.8 Å². The maximum Gasteiger partial charge on any atom is 0.227 e. The summed E-state index contributed by atoms with van der Waals surface area (Å²) in [6, 6.07) is 5.67. The first-order chi connectivity index (χ1) is 9.52. The van der Waals surface area contributed by atoms with Gasteiger partial charge >= 0.3 is 0 Å². The zero-order valence-corrected chi connectivity index (χ0v) is 12.6. The molecule has 1 fully saturated rings. The molecule has 0 aliphatic carbocycles. The monoisotopic (exact) mass is 293 g/mol. The molecule has 2 rings (SSSR count). The Hall–Kier alpha value is -1.33. The van der Waals surface area contributed by atoms with Gasteiger partial charge in [-0.2, -0.15) is 0 Å². The third kappa shape index (κ3) is 3.22. The van der Waals surface area contributed by atoms with Crippen molar-refractivity contribution in [2.24, 2.45) is 5.92 Å². The van der Waals surface area contributed by atoms with Gasteiger partial charge in [0, 0.05) is 31.2 Å². The topological polar surface area (TPSA) is 57.6 Å². The van der Waals surface area contributed by atoms with Crippen molar-refractivity contribution in [1.29, 1.82) is 0 Å². The number of hydrogen-bond donors (Lipinski definition) is 1. The number of para-hydroxylation sites is 1. The van der Waals surface area contributed by atoms with Crippen molar-refractivity contribution >= 4 is 28.5 Å². The molecule has 1 aliphatic rings. The number of aryl methyl sites for hydroxylation is 1. The molecule has 20 heavy (non-hydrogen) atoms. The average molecular weight is 293 g/mol. The first-order valence-corrected chi connectivity index (χ1v) is 7.64. The summed E-state index contributed by atoms with van der Waals surface area (Å²) >= 11 is 1.27. The molecule has 0 spiro atoms. The Kier molecular flexibility index (Phi) is 4.83. The van der Waals surface area contributed by atoms with Gasteiger partial charge in [-0.3, -0.25) is 9.59 Å². The molecular formula is C15H19NO3S. The molecule has 108 valence electrons. The minimum atomic E-state index is -0.0757.